The van der Waals surface area contributed by atoms with Gasteiger partial charge in [0.05, 0.1) is 6.42 Å². The number of carbonyl (C=O) groups excluding carboxylic acids is 1. The third-order valence-electron chi connectivity index (χ3n) is 5.23. The largest absolute Gasteiger partial charge is 0.508 e. The molecule has 4 nitrogen and oxygen atoms in total. The molecule has 2 bridgehead atoms. The second-order valence-corrected chi connectivity index (χ2v) is 7.26. The van der Waals surface area contributed by atoms with Crippen molar-refractivity contribution in [3.05, 3.63) is 52.8 Å². The topological polar surface area (TPSA) is 52.6 Å². The minimum absolute atomic E-state index is 0.0903. The summed E-state index contributed by atoms with van der Waals surface area (Å²) in [6, 6.07) is 4.72. The molecule has 5 heteroatoms. The summed E-state index contributed by atoms with van der Waals surface area (Å²) < 4.78 is 0. The van der Waals surface area contributed by atoms with Crippen LogP contribution in [0.1, 0.15) is 24.8 Å². The van der Waals surface area contributed by atoms with Crippen molar-refractivity contribution >= 4 is 17.5 Å². The lowest BCUT2D eigenvalue weighted by molar-refractivity contribution is -0.120. The molecule has 1 aromatic rings. The fraction of sp³-hybridized carbons (Fsp3) is 0.389. The molecule has 0 saturated heterocycles. The molecule has 23 heavy (non-hydrogen) atoms. The van der Waals surface area contributed by atoms with E-state index in [0.717, 1.165) is 18.2 Å². The molecular weight excluding hydrogens is 312 g/mol. The number of phenols is 1. The second kappa shape index (κ2) is 5.31. The first-order valence-electron chi connectivity index (χ1n) is 7.96. The van der Waals surface area contributed by atoms with Crippen LogP contribution in [0.25, 0.3) is 0 Å². The molecule has 0 atom stereocenters. The van der Waals surface area contributed by atoms with Crippen molar-refractivity contribution in [1.82, 2.24) is 10.2 Å². The highest BCUT2D eigenvalue weighted by molar-refractivity contribution is 6.30. The number of nitrogens with zero attached hydrogens (tertiary/aromatic N) is 1. The number of phenolic OH excluding ortho intramolecular Hbond substituents is 1. The molecule has 1 aliphatic heterocycles. The van der Waals surface area contributed by atoms with Gasteiger partial charge in [0.2, 0.25) is 5.91 Å². The first-order valence-corrected chi connectivity index (χ1v) is 8.34. The number of nitrogens with one attached hydrogen (secondary N) is 1. The third-order valence-corrected chi connectivity index (χ3v) is 5.47. The normalized spacial score (nSPS) is 27.8. The maximum atomic E-state index is 12.1. The highest BCUT2D eigenvalue weighted by atomic mass is 35.5. The van der Waals surface area contributed by atoms with E-state index in [4.69, 9.17) is 11.6 Å². The molecule has 3 aliphatic carbocycles. The molecule has 3 saturated carbocycles. The summed E-state index contributed by atoms with van der Waals surface area (Å²) in [5.74, 6) is 0.892. The van der Waals surface area contributed by atoms with E-state index < -0.39 is 0 Å². The Labute approximate surface area is 140 Å². The van der Waals surface area contributed by atoms with Gasteiger partial charge in [0.25, 0.3) is 0 Å². The Morgan fingerprint density at radius 3 is 2.78 bits per heavy atom. The minimum atomic E-state index is -0.155. The number of halogens is 1. The summed E-state index contributed by atoms with van der Waals surface area (Å²) in [6.07, 6.45) is 10.2. The standard InChI is InChI=1S/C18H19ClN2O2/c19-14-1-2-16(22)13(7-14)8-17(23)20-15-3-5-21(6-4-15)18-9-12(10-18)11-18/h1-5,7,12,22H,6,8-11H2,(H,20,23). The lowest BCUT2D eigenvalue weighted by Crippen LogP contribution is -2.67. The highest BCUT2D eigenvalue weighted by Gasteiger charge is 2.59. The molecule has 4 aliphatic rings. The predicted octanol–water partition coefficient (Wildman–Crippen LogP) is 2.97. The van der Waals surface area contributed by atoms with Crippen LogP contribution in [0.15, 0.2) is 42.2 Å². The van der Waals surface area contributed by atoms with E-state index >= 15 is 0 Å². The average Bonchev–Trinajstić information content (AvgIpc) is 2.41. The van der Waals surface area contributed by atoms with Crippen LogP contribution in [0.5, 0.6) is 5.75 Å². The third kappa shape index (κ3) is 2.61. The van der Waals surface area contributed by atoms with E-state index in [9.17, 15) is 9.90 Å². The van der Waals surface area contributed by atoms with Crippen molar-refractivity contribution in [2.24, 2.45) is 5.92 Å². The van der Waals surface area contributed by atoms with Crippen molar-refractivity contribution in [2.45, 2.75) is 31.2 Å². The number of amides is 1. The van der Waals surface area contributed by atoms with Crippen molar-refractivity contribution in [1.29, 1.82) is 0 Å². The van der Waals surface area contributed by atoms with Crippen LogP contribution >= 0.6 is 11.6 Å². The maximum Gasteiger partial charge on any atom is 0.228 e. The Hall–Kier alpha value is -1.94. The van der Waals surface area contributed by atoms with E-state index in [0.29, 0.717) is 16.1 Å². The Morgan fingerprint density at radius 2 is 2.17 bits per heavy atom. The lowest BCUT2D eigenvalue weighted by atomic mass is 9.49. The van der Waals surface area contributed by atoms with Crippen LogP contribution in [0.4, 0.5) is 0 Å². The summed E-state index contributed by atoms with van der Waals surface area (Å²) in [4.78, 5) is 14.5. The summed E-state index contributed by atoms with van der Waals surface area (Å²) in [7, 11) is 0. The number of hydrogen-bond donors (Lipinski definition) is 2. The molecule has 1 amide bonds. The number of allylic oxidation sites excluding steroid dienone is 1. The van der Waals surface area contributed by atoms with Gasteiger partial charge in [-0.25, -0.2) is 0 Å². The Balaban J connectivity index is 1.34. The SMILES string of the molecule is O=C(Cc1cc(Cl)ccc1O)NC1=CCN(C23CC(C2)C3)C=C1. The summed E-state index contributed by atoms with van der Waals surface area (Å²) in [5, 5.41) is 13.2. The molecule has 1 heterocycles. The quantitative estimate of drug-likeness (QED) is 0.892. The first kappa shape index (κ1) is 14.6. The average molecular weight is 331 g/mol. The van der Waals surface area contributed by atoms with Gasteiger partial charge < -0.3 is 15.3 Å². The van der Waals surface area contributed by atoms with Crippen LogP contribution < -0.4 is 5.32 Å². The van der Waals surface area contributed by atoms with Crippen molar-refractivity contribution in [3.63, 3.8) is 0 Å². The van der Waals surface area contributed by atoms with Gasteiger partial charge in [-0.2, -0.15) is 0 Å². The second-order valence-electron chi connectivity index (χ2n) is 6.83. The Kier molecular flexibility index (Phi) is 3.38. The van der Waals surface area contributed by atoms with Crippen LogP contribution in [0.2, 0.25) is 5.02 Å². The Morgan fingerprint density at radius 1 is 1.39 bits per heavy atom. The number of benzene rings is 1. The molecule has 3 fully saturated rings. The van der Waals surface area contributed by atoms with E-state index in [1.165, 1.54) is 25.3 Å². The molecule has 5 rings (SSSR count). The monoisotopic (exact) mass is 330 g/mol. The number of aromatic hydroxyl groups is 1. The summed E-state index contributed by atoms with van der Waals surface area (Å²) in [5.41, 5.74) is 1.77. The minimum Gasteiger partial charge on any atom is -0.508 e. The lowest BCUT2D eigenvalue weighted by Gasteiger charge is -2.66. The van der Waals surface area contributed by atoms with Gasteiger partial charge in [-0.1, -0.05) is 11.6 Å². The van der Waals surface area contributed by atoms with Crippen molar-refractivity contribution in [2.75, 3.05) is 6.54 Å². The zero-order chi connectivity index (χ0) is 16.0. The molecule has 120 valence electrons. The fourth-order valence-electron chi connectivity index (χ4n) is 3.80. The van der Waals surface area contributed by atoms with Crippen LogP contribution in [0, 0.1) is 5.92 Å². The zero-order valence-electron chi connectivity index (χ0n) is 12.8. The number of carbonyl (C=O) groups is 1. The van der Waals surface area contributed by atoms with E-state index in [1.54, 1.807) is 12.1 Å². The summed E-state index contributed by atoms with van der Waals surface area (Å²) in [6.45, 7) is 0.848. The zero-order valence-corrected chi connectivity index (χ0v) is 13.5. The van der Waals surface area contributed by atoms with E-state index in [-0.39, 0.29) is 18.1 Å². The van der Waals surface area contributed by atoms with Gasteiger partial charge in [0, 0.05) is 34.6 Å². The molecule has 2 N–H and O–H groups in total. The van der Waals surface area contributed by atoms with Gasteiger partial charge in [0.1, 0.15) is 5.75 Å². The fourth-order valence-corrected chi connectivity index (χ4v) is 3.99. The highest BCUT2D eigenvalue weighted by Crippen LogP contribution is 2.60. The van der Waals surface area contributed by atoms with Gasteiger partial charge in [-0.15, -0.1) is 0 Å². The number of rotatable bonds is 4. The molecule has 1 aromatic carbocycles. The van der Waals surface area contributed by atoms with Gasteiger partial charge in [-0.3, -0.25) is 4.79 Å². The first-order chi connectivity index (χ1) is 11.0. The Bertz CT molecular complexity index is 709. The van der Waals surface area contributed by atoms with Gasteiger partial charge in [-0.05, 0) is 55.5 Å². The van der Waals surface area contributed by atoms with E-state index in [2.05, 4.69) is 22.5 Å². The molecular formula is C18H19ClN2O2. The smallest absolute Gasteiger partial charge is 0.228 e. The number of hydrogen-bond acceptors (Lipinski definition) is 3. The maximum absolute atomic E-state index is 12.1. The van der Waals surface area contributed by atoms with E-state index in [1.807, 2.05) is 6.08 Å². The molecule has 0 unspecified atom stereocenters. The predicted molar refractivity (Wildman–Crippen MR) is 89.0 cm³/mol. The van der Waals surface area contributed by atoms with Crippen LogP contribution in [-0.4, -0.2) is 28.0 Å². The van der Waals surface area contributed by atoms with Crippen molar-refractivity contribution in [3.8, 4) is 5.75 Å². The molecule has 0 radical (unpaired) electrons. The molecule has 0 aromatic heterocycles. The van der Waals surface area contributed by atoms with Crippen LogP contribution in [0.3, 0.4) is 0 Å². The van der Waals surface area contributed by atoms with Gasteiger partial charge in [0.15, 0.2) is 0 Å². The van der Waals surface area contributed by atoms with Gasteiger partial charge >= 0.3 is 0 Å². The molecule has 0 spiro atoms. The van der Waals surface area contributed by atoms with Crippen LogP contribution in [-0.2, 0) is 11.2 Å². The summed E-state index contributed by atoms with van der Waals surface area (Å²) >= 11 is 5.90. The van der Waals surface area contributed by atoms with Crippen molar-refractivity contribution < 1.29 is 9.90 Å².